The SMILES string of the molecule is Cc1c(C#CCO)cccc1C(=O)NCc1ncon1. The minimum atomic E-state index is -0.236. The highest BCUT2D eigenvalue weighted by molar-refractivity contribution is 5.96. The number of nitrogens with zero attached hydrogens (tertiary/aromatic N) is 2. The van der Waals surface area contributed by atoms with E-state index in [-0.39, 0.29) is 19.1 Å². The number of carbonyl (C=O) groups is 1. The first-order valence-electron chi connectivity index (χ1n) is 5.95. The van der Waals surface area contributed by atoms with E-state index in [0.29, 0.717) is 17.0 Å². The molecule has 6 nitrogen and oxygen atoms in total. The molecular weight excluding hydrogens is 258 g/mol. The quantitative estimate of drug-likeness (QED) is 0.800. The van der Waals surface area contributed by atoms with Gasteiger partial charge in [-0.25, -0.2) is 0 Å². The van der Waals surface area contributed by atoms with Gasteiger partial charge in [-0.2, -0.15) is 4.98 Å². The number of carbonyl (C=O) groups excluding carboxylic acids is 1. The zero-order valence-electron chi connectivity index (χ0n) is 10.9. The Bertz CT molecular complexity index is 654. The molecule has 0 radical (unpaired) electrons. The smallest absolute Gasteiger partial charge is 0.251 e. The van der Waals surface area contributed by atoms with E-state index in [4.69, 9.17) is 5.11 Å². The van der Waals surface area contributed by atoms with Crippen LogP contribution < -0.4 is 5.32 Å². The molecule has 6 heteroatoms. The Morgan fingerprint density at radius 1 is 1.50 bits per heavy atom. The summed E-state index contributed by atoms with van der Waals surface area (Å²) >= 11 is 0. The van der Waals surface area contributed by atoms with Gasteiger partial charge in [-0.15, -0.1) is 0 Å². The second-order valence-electron chi connectivity index (χ2n) is 3.97. The maximum absolute atomic E-state index is 12.1. The molecular formula is C14H13N3O3. The third-order valence-corrected chi connectivity index (χ3v) is 2.69. The zero-order chi connectivity index (χ0) is 14.4. The van der Waals surface area contributed by atoms with E-state index in [9.17, 15) is 4.79 Å². The van der Waals surface area contributed by atoms with E-state index in [2.05, 4.69) is 31.8 Å². The summed E-state index contributed by atoms with van der Waals surface area (Å²) in [6.45, 7) is 1.79. The van der Waals surface area contributed by atoms with Crippen molar-refractivity contribution < 1.29 is 14.4 Å². The van der Waals surface area contributed by atoms with Gasteiger partial charge < -0.3 is 14.9 Å². The summed E-state index contributed by atoms with van der Waals surface area (Å²) in [4.78, 5) is 15.9. The lowest BCUT2D eigenvalue weighted by molar-refractivity contribution is 0.0949. The van der Waals surface area contributed by atoms with Crippen molar-refractivity contribution >= 4 is 5.91 Å². The predicted octanol–water partition coefficient (Wildman–Crippen LogP) is 0.652. The molecule has 0 spiro atoms. The first kappa shape index (κ1) is 13.8. The minimum Gasteiger partial charge on any atom is -0.384 e. The lowest BCUT2D eigenvalue weighted by atomic mass is 10.0. The molecule has 20 heavy (non-hydrogen) atoms. The van der Waals surface area contributed by atoms with Crippen molar-refractivity contribution in [3.63, 3.8) is 0 Å². The molecule has 0 saturated carbocycles. The molecule has 0 aliphatic rings. The van der Waals surface area contributed by atoms with E-state index in [1.165, 1.54) is 6.39 Å². The molecule has 0 aliphatic heterocycles. The summed E-state index contributed by atoms with van der Waals surface area (Å²) in [7, 11) is 0. The summed E-state index contributed by atoms with van der Waals surface area (Å²) in [6.07, 6.45) is 1.21. The van der Waals surface area contributed by atoms with Gasteiger partial charge in [-0.3, -0.25) is 4.79 Å². The van der Waals surface area contributed by atoms with Gasteiger partial charge in [0.25, 0.3) is 5.91 Å². The van der Waals surface area contributed by atoms with Crippen LogP contribution in [-0.2, 0) is 6.54 Å². The van der Waals surface area contributed by atoms with Crippen molar-refractivity contribution in [2.24, 2.45) is 0 Å². The highest BCUT2D eigenvalue weighted by Crippen LogP contribution is 2.13. The lowest BCUT2D eigenvalue weighted by Gasteiger charge is -2.07. The molecule has 0 atom stereocenters. The van der Waals surface area contributed by atoms with Crippen molar-refractivity contribution in [3.8, 4) is 11.8 Å². The Hall–Kier alpha value is -2.65. The van der Waals surface area contributed by atoms with Crippen molar-refractivity contribution in [2.45, 2.75) is 13.5 Å². The number of hydrogen-bond acceptors (Lipinski definition) is 5. The summed E-state index contributed by atoms with van der Waals surface area (Å²) in [5, 5.41) is 15.0. The Kier molecular flexibility index (Phi) is 4.47. The second-order valence-corrected chi connectivity index (χ2v) is 3.97. The average Bonchev–Trinajstić information content (AvgIpc) is 2.97. The number of nitrogens with one attached hydrogen (secondary N) is 1. The van der Waals surface area contributed by atoms with Crippen molar-refractivity contribution in [1.29, 1.82) is 0 Å². The van der Waals surface area contributed by atoms with Crippen molar-refractivity contribution in [2.75, 3.05) is 6.61 Å². The Labute approximate surface area is 115 Å². The van der Waals surface area contributed by atoms with Gasteiger partial charge in [0, 0.05) is 11.1 Å². The van der Waals surface area contributed by atoms with Gasteiger partial charge in [-0.05, 0) is 24.6 Å². The van der Waals surface area contributed by atoms with E-state index < -0.39 is 0 Å². The van der Waals surface area contributed by atoms with Crippen LogP contribution in [0.15, 0.2) is 29.1 Å². The molecule has 0 fully saturated rings. The standard InChI is InChI=1S/C14H13N3O3/c1-10-11(5-3-7-18)4-2-6-12(10)14(19)15-8-13-16-9-20-17-13/h2,4,6,9,18H,7-8H2,1H3,(H,15,19). The normalized spacial score (nSPS) is 9.70. The van der Waals surface area contributed by atoms with Crippen LogP contribution in [-0.4, -0.2) is 27.8 Å². The van der Waals surface area contributed by atoms with Crippen LogP contribution in [0.3, 0.4) is 0 Å². The maximum atomic E-state index is 12.1. The predicted molar refractivity (Wildman–Crippen MR) is 70.6 cm³/mol. The van der Waals surface area contributed by atoms with E-state index in [0.717, 1.165) is 5.56 Å². The third-order valence-electron chi connectivity index (χ3n) is 2.69. The molecule has 102 valence electrons. The minimum absolute atomic E-state index is 0.196. The molecule has 1 aromatic heterocycles. The number of benzene rings is 1. The topological polar surface area (TPSA) is 88.2 Å². The van der Waals surface area contributed by atoms with Crippen molar-refractivity contribution in [3.05, 3.63) is 47.1 Å². The molecule has 2 aromatic rings. The summed E-state index contributed by atoms with van der Waals surface area (Å²) < 4.78 is 4.59. The van der Waals surface area contributed by atoms with E-state index in [1.54, 1.807) is 18.2 Å². The number of amides is 1. The van der Waals surface area contributed by atoms with E-state index in [1.807, 2.05) is 6.92 Å². The van der Waals surface area contributed by atoms with Crippen LogP contribution in [0.4, 0.5) is 0 Å². The number of aliphatic hydroxyl groups is 1. The number of hydrogen-bond donors (Lipinski definition) is 2. The van der Waals surface area contributed by atoms with Crippen LogP contribution in [0.5, 0.6) is 0 Å². The van der Waals surface area contributed by atoms with Crippen LogP contribution in [0.25, 0.3) is 0 Å². The second kappa shape index (κ2) is 6.50. The fraction of sp³-hybridized carbons (Fsp3) is 0.214. The lowest BCUT2D eigenvalue weighted by Crippen LogP contribution is -2.24. The maximum Gasteiger partial charge on any atom is 0.251 e. The average molecular weight is 271 g/mol. The Morgan fingerprint density at radius 3 is 3.05 bits per heavy atom. The highest BCUT2D eigenvalue weighted by Gasteiger charge is 2.11. The van der Waals surface area contributed by atoms with Gasteiger partial charge in [0.1, 0.15) is 6.61 Å². The van der Waals surface area contributed by atoms with Gasteiger partial charge in [0.05, 0.1) is 6.54 Å². The first-order valence-corrected chi connectivity index (χ1v) is 5.95. The van der Waals surface area contributed by atoms with Crippen LogP contribution in [0.2, 0.25) is 0 Å². The molecule has 1 amide bonds. The summed E-state index contributed by atoms with van der Waals surface area (Å²) in [6, 6.07) is 5.26. The summed E-state index contributed by atoms with van der Waals surface area (Å²) in [5.41, 5.74) is 2.00. The van der Waals surface area contributed by atoms with Crippen LogP contribution >= 0.6 is 0 Å². The number of aromatic nitrogens is 2. The molecule has 2 N–H and O–H groups in total. The molecule has 2 rings (SSSR count). The molecule has 0 saturated heterocycles. The van der Waals surface area contributed by atoms with Gasteiger partial charge >= 0.3 is 0 Å². The van der Waals surface area contributed by atoms with Gasteiger partial charge in [0.2, 0.25) is 6.39 Å². The molecule has 1 heterocycles. The summed E-state index contributed by atoms with van der Waals surface area (Å²) in [5.74, 6) is 5.55. The molecule has 0 bridgehead atoms. The highest BCUT2D eigenvalue weighted by atomic mass is 16.5. The van der Waals surface area contributed by atoms with E-state index >= 15 is 0 Å². The molecule has 1 aromatic carbocycles. The number of rotatable bonds is 3. The molecule has 0 unspecified atom stereocenters. The van der Waals surface area contributed by atoms with Crippen LogP contribution in [0.1, 0.15) is 27.3 Å². The number of aliphatic hydroxyl groups excluding tert-OH is 1. The fourth-order valence-electron chi connectivity index (χ4n) is 1.68. The van der Waals surface area contributed by atoms with Gasteiger partial charge in [0.15, 0.2) is 5.82 Å². The first-order chi connectivity index (χ1) is 9.72. The largest absolute Gasteiger partial charge is 0.384 e. The zero-order valence-corrected chi connectivity index (χ0v) is 10.9. The van der Waals surface area contributed by atoms with Crippen LogP contribution in [0, 0.1) is 18.8 Å². The van der Waals surface area contributed by atoms with Crippen molar-refractivity contribution in [1.82, 2.24) is 15.5 Å². The monoisotopic (exact) mass is 271 g/mol. The van der Waals surface area contributed by atoms with Gasteiger partial charge in [-0.1, -0.05) is 23.1 Å². The fourth-order valence-corrected chi connectivity index (χ4v) is 1.68. The molecule has 0 aliphatic carbocycles. The Morgan fingerprint density at radius 2 is 2.35 bits per heavy atom. The Balaban J connectivity index is 2.13. The third kappa shape index (κ3) is 3.22.